The van der Waals surface area contributed by atoms with Crippen molar-refractivity contribution in [3.63, 3.8) is 0 Å². The summed E-state index contributed by atoms with van der Waals surface area (Å²) in [5.41, 5.74) is 6.31. The number of rotatable bonds is 2. The molecule has 2 N–H and O–H groups in total. The zero-order valence-electron chi connectivity index (χ0n) is 6.84. The van der Waals surface area contributed by atoms with Crippen molar-refractivity contribution in [1.82, 2.24) is 10.9 Å². The Balaban J connectivity index is 0.000001000. The number of halogens is 1. The van der Waals surface area contributed by atoms with Crippen LogP contribution in [-0.2, 0) is 0 Å². The predicted molar refractivity (Wildman–Crippen MR) is 41.5 cm³/mol. The van der Waals surface area contributed by atoms with Crippen LogP contribution in [-0.4, -0.2) is 25.3 Å². The van der Waals surface area contributed by atoms with Crippen molar-refractivity contribution in [1.29, 1.82) is 0 Å². The van der Waals surface area contributed by atoms with E-state index >= 15 is 0 Å². The molecule has 0 aromatic heterocycles. The van der Waals surface area contributed by atoms with Gasteiger partial charge in [0, 0.05) is 14.1 Å². The summed E-state index contributed by atoms with van der Waals surface area (Å²) in [6, 6.07) is 0. The Morgan fingerprint density at radius 1 is 1.18 bits per heavy atom. The SMILES string of the molecule is CN[N+]1(NC)C=CC=CC1.[Br-]. The van der Waals surface area contributed by atoms with Crippen LogP contribution in [0.2, 0.25) is 0 Å². The Hall–Kier alpha value is -0.160. The van der Waals surface area contributed by atoms with Gasteiger partial charge in [-0.15, -0.1) is 15.6 Å². The van der Waals surface area contributed by atoms with E-state index in [1.165, 1.54) is 0 Å². The van der Waals surface area contributed by atoms with E-state index in [4.69, 9.17) is 0 Å². The van der Waals surface area contributed by atoms with E-state index in [-0.39, 0.29) is 17.0 Å². The highest BCUT2D eigenvalue weighted by atomic mass is 79.9. The summed E-state index contributed by atoms with van der Waals surface area (Å²) >= 11 is 0. The summed E-state index contributed by atoms with van der Waals surface area (Å²) < 4.78 is 0.622. The highest BCUT2D eigenvalue weighted by Gasteiger charge is 2.20. The molecule has 0 saturated carbocycles. The van der Waals surface area contributed by atoms with Gasteiger partial charge in [0.2, 0.25) is 0 Å². The van der Waals surface area contributed by atoms with Crippen molar-refractivity contribution < 1.29 is 21.7 Å². The molecular formula is C7H14BrN3. The molecule has 1 heterocycles. The zero-order chi connectivity index (χ0) is 7.45. The molecule has 0 aromatic rings. The first-order valence-electron chi connectivity index (χ1n) is 3.43. The van der Waals surface area contributed by atoms with Crippen LogP contribution < -0.4 is 27.8 Å². The summed E-state index contributed by atoms with van der Waals surface area (Å²) in [5.74, 6) is 0. The van der Waals surface area contributed by atoms with Gasteiger partial charge in [0.15, 0.2) is 0 Å². The minimum Gasteiger partial charge on any atom is -1.00 e. The van der Waals surface area contributed by atoms with Gasteiger partial charge in [-0.2, -0.15) is 0 Å². The molecule has 0 spiro atoms. The molecule has 0 amide bonds. The van der Waals surface area contributed by atoms with E-state index in [0.717, 1.165) is 6.54 Å². The predicted octanol–water partition coefficient (Wildman–Crippen LogP) is -2.84. The summed E-state index contributed by atoms with van der Waals surface area (Å²) in [6.45, 7) is 0.948. The molecule has 0 aromatic carbocycles. The fourth-order valence-corrected chi connectivity index (χ4v) is 1.01. The van der Waals surface area contributed by atoms with Crippen LogP contribution in [0.3, 0.4) is 0 Å². The number of quaternary nitrogens is 1. The molecule has 3 nitrogen and oxygen atoms in total. The van der Waals surface area contributed by atoms with Crippen LogP contribution in [0.25, 0.3) is 0 Å². The maximum absolute atomic E-state index is 3.16. The van der Waals surface area contributed by atoms with Crippen molar-refractivity contribution in [3.8, 4) is 0 Å². The van der Waals surface area contributed by atoms with E-state index in [2.05, 4.69) is 23.1 Å². The lowest BCUT2D eigenvalue weighted by atomic mass is 10.4. The third-order valence-corrected chi connectivity index (χ3v) is 1.78. The topological polar surface area (TPSA) is 24.1 Å². The van der Waals surface area contributed by atoms with Gasteiger partial charge in [-0.3, -0.25) is 0 Å². The molecule has 11 heavy (non-hydrogen) atoms. The molecule has 0 unspecified atom stereocenters. The lowest BCUT2D eigenvalue weighted by Gasteiger charge is -2.30. The van der Waals surface area contributed by atoms with Crippen LogP contribution in [0.15, 0.2) is 24.4 Å². The van der Waals surface area contributed by atoms with Crippen molar-refractivity contribution in [3.05, 3.63) is 24.4 Å². The molecule has 1 rings (SSSR count). The first-order chi connectivity index (χ1) is 4.83. The Morgan fingerprint density at radius 3 is 2.09 bits per heavy atom. The third kappa shape index (κ3) is 2.41. The Morgan fingerprint density at radius 2 is 1.82 bits per heavy atom. The molecule has 0 bridgehead atoms. The maximum atomic E-state index is 3.16. The van der Waals surface area contributed by atoms with Crippen molar-refractivity contribution in [2.24, 2.45) is 0 Å². The number of nitrogens with one attached hydrogen (secondary N) is 2. The van der Waals surface area contributed by atoms with Crippen molar-refractivity contribution >= 4 is 0 Å². The van der Waals surface area contributed by atoms with E-state index in [0.29, 0.717) is 4.70 Å². The molecular weight excluding hydrogens is 206 g/mol. The lowest BCUT2D eigenvalue weighted by Crippen LogP contribution is -3.00. The average Bonchev–Trinajstić information content (AvgIpc) is 2.06. The summed E-state index contributed by atoms with van der Waals surface area (Å²) in [6.07, 6.45) is 8.26. The molecule has 1 aliphatic heterocycles. The summed E-state index contributed by atoms with van der Waals surface area (Å²) in [5, 5.41) is 0. The van der Waals surface area contributed by atoms with Gasteiger partial charge < -0.3 is 17.0 Å². The zero-order valence-corrected chi connectivity index (χ0v) is 8.43. The van der Waals surface area contributed by atoms with Crippen LogP contribution in [0.1, 0.15) is 0 Å². The van der Waals surface area contributed by atoms with Crippen molar-refractivity contribution in [2.45, 2.75) is 0 Å². The lowest BCUT2D eigenvalue weighted by molar-refractivity contribution is -0.956. The van der Waals surface area contributed by atoms with Gasteiger partial charge in [-0.05, 0) is 12.2 Å². The fraction of sp³-hybridized carbons (Fsp3) is 0.429. The van der Waals surface area contributed by atoms with Crippen LogP contribution in [0.5, 0.6) is 0 Å². The monoisotopic (exact) mass is 219 g/mol. The van der Waals surface area contributed by atoms with Crippen LogP contribution >= 0.6 is 0 Å². The van der Waals surface area contributed by atoms with Gasteiger partial charge in [0.05, 0.1) is 0 Å². The minimum atomic E-state index is 0. The van der Waals surface area contributed by atoms with E-state index in [9.17, 15) is 0 Å². The van der Waals surface area contributed by atoms with Gasteiger partial charge in [0.1, 0.15) is 12.7 Å². The quantitative estimate of drug-likeness (QED) is 0.490. The maximum Gasteiger partial charge on any atom is 0.138 e. The average molecular weight is 220 g/mol. The summed E-state index contributed by atoms with van der Waals surface area (Å²) in [4.78, 5) is 0. The Bertz CT molecular complexity index is 161. The fourth-order valence-electron chi connectivity index (χ4n) is 1.01. The Labute approximate surface area is 78.1 Å². The minimum absolute atomic E-state index is 0. The van der Waals surface area contributed by atoms with E-state index in [1.54, 1.807) is 0 Å². The van der Waals surface area contributed by atoms with Crippen LogP contribution in [0, 0.1) is 0 Å². The van der Waals surface area contributed by atoms with Gasteiger partial charge in [-0.1, -0.05) is 6.08 Å². The molecule has 1 aliphatic rings. The van der Waals surface area contributed by atoms with Gasteiger partial charge in [-0.25, -0.2) is 0 Å². The largest absolute Gasteiger partial charge is 1.00 e. The second kappa shape index (κ2) is 4.66. The highest BCUT2D eigenvalue weighted by Crippen LogP contribution is 2.02. The molecule has 0 radical (unpaired) electrons. The van der Waals surface area contributed by atoms with Crippen LogP contribution in [0.4, 0.5) is 0 Å². The van der Waals surface area contributed by atoms with E-state index < -0.39 is 0 Å². The molecule has 0 fully saturated rings. The second-order valence-corrected chi connectivity index (χ2v) is 2.27. The number of hydrogen-bond donors (Lipinski definition) is 2. The molecule has 64 valence electrons. The highest BCUT2D eigenvalue weighted by molar-refractivity contribution is 5.03. The van der Waals surface area contributed by atoms with E-state index in [1.807, 2.05) is 26.2 Å². The smallest absolute Gasteiger partial charge is 0.138 e. The number of allylic oxidation sites excluding steroid dienone is 2. The van der Waals surface area contributed by atoms with Gasteiger partial charge in [0.25, 0.3) is 0 Å². The first kappa shape index (κ1) is 10.8. The Kier molecular flexibility index (Phi) is 4.60. The molecule has 0 saturated heterocycles. The van der Waals surface area contributed by atoms with Gasteiger partial charge >= 0.3 is 0 Å². The normalized spacial score (nSPS) is 19.5. The molecule has 0 aliphatic carbocycles. The summed E-state index contributed by atoms with van der Waals surface area (Å²) in [7, 11) is 3.86. The van der Waals surface area contributed by atoms with Crippen molar-refractivity contribution in [2.75, 3.05) is 20.6 Å². The first-order valence-corrected chi connectivity index (χ1v) is 3.43. The molecule has 4 heteroatoms. The number of hydrogen-bond acceptors (Lipinski definition) is 2. The third-order valence-electron chi connectivity index (χ3n) is 1.78. The second-order valence-electron chi connectivity index (χ2n) is 2.27. The standard InChI is InChI=1S/C7H14N3.BrH/c1-8-10(9-2)6-4-3-5-7-10;/h3-6,8-9H,7H2,1-2H3;1H/q+1;/p-1. The number of nitrogens with zero attached hydrogens (tertiary/aromatic N) is 1. The molecule has 0 atom stereocenters.